The number of rotatable bonds is 6. The van der Waals surface area contributed by atoms with Crippen LogP contribution in [0.3, 0.4) is 0 Å². The van der Waals surface area contributed by atoms with Gasteiger partial charge in [0.25, 0.3) is 0 Å². The van der Waals surface area contributed by atoms with Gasteiger partial charge >= 0.3 is 0 Å². The van der Waals surface area contributed by atoms with Crippen LogP contribution in [0, 0.1) is 11.8 Å². The Kier molecular flexibility index (Phi) is 6.06. The number of likely N-dealkylation sites (tertiary alicyclic amines) is 1. The molecule has 20 heavy (non-hydrogen) atoms. The van der Waals surface area contributed by atoms with Gasteiger partial charge in [-0.3, -0.25) is 4.90 Å². The van der Waals surface area contributed by atoms with Crippen LogP contribution >= 0.6 is 0 Å². The molecule has 2 N–H and O–H groups in total. The van der Waals surface area contributed by atoms with E-state index in [4.69, 9.17) is 5.73 Å². The highest BCUT2D eigenvalue weighted by Gasteiger charge is 2.26. The molecule has 1 aromatic carbocycles. The fraction of sp³-hybridized carbons (Fsp3) is 0.667. The highest BCUT2D eigenvalue weighted by molar-refractivity contribution is 5.15. The topological polar surface area (TPSA) is 29.3 Å². The Bertz CT molecular complexity index is 368. The Labute approximate surface area is 124 Å². The molecule has 1 fully saturated rings. The highest BCUT2D eigenvalue weighted by atomic mass is 15.2. The lowest BCUT2D eigenvalue weighted by Gasteiger charge is -2.39. The number of hydrogen-bond donors (Lipinski definition) is 1. The standard InChI is InChI=1S/C18H30N2/c1-3-15(2)18(14-19)20-11-9-17(10-12-20)13-16-7-5-4-6-8-16/h4-8,15,17-18H,3,9-14,19H2,1-2H3. The van der Waals surface area contributed by atoms with E-state index < -0.39 is 0 Å². The molecule has 1 heterocycles. The van der Waals surface area contributed by atoms with Crippen molar-refractivity contribution in [2.75, 3.05) is 19.6 Å². The molecule has 1 aliphatic heterocycles. The largest absolute Gasteiger partial charge is 0.329 e. The Morgan fingerprint density at radius 2 is 1.85 bits per heavy atom. The fourth-order valence-electron chi connectivity index (χ4n) is 3.45. The zero-order valence-corrected chi connectivity index (χ0v) is 13.1. The van der Waals surface area contributed by atoms with E-state index in [2.05, 4.69) is 49.1 Å². The van der Waals surface area contributed by atoms with E-state index in [1.807, 2.05) is 0 Å². The predicted octanol–water partition coefficient (Wildman–Crippen LogP) is 3.31. The average molecular weight is 274 g/mol. The van der Waals surface area contributed by atoms with Crippen molar-refractivity contribution in [1.82, 2.24) is 4.90 Å². The van der Waals surface area contributed by atoms with E-state index in [9.17, 15) is 0 Å². The Morgan fingerprint density at radius 1 is 1.20 bits per heavy atom. The summed E-state index contributed by atoms with van der Waals surface area (Å²) in [5, 5.41) is 0. The van der Waals surface area contributed by atoms with Gasteiger partial charge in [0, 0.05) is 12.6 Å². The maximum absolute atomic E-state index is 6.00. The second-order valence-corrected chi connectivity index (χ2v) is 6.36. The zero-order chi connectivity index (χ0) is 14.4. The van der Waals surface area contributed by atoms with E-state index in [0.717, 1.165) is 12.5 Å². The maximum Gasteiger partial charge on any atom is 0.0243 e. The van der Waals surface area contributed by atoms with Gasteiger partial charge in [0.2, 0.25) is 0 Å². The minimum Gasteiger partial charge on any atom is -0.329 e. The molecule has 1 aromatic rings. The van der Waals surface area contributed by atoms with Crippen molar-refractivity contribution in [2.24, 2.45) is 17.6 Å². The van der Waals surface area contributed by atoms with Gasteiger partial charge in [-0.1, -0.05) is 50.6 Å². The molecule has 2 unspecified atom stereocenters. The lowest BCUT2D eigenvalue weighted by molar-refractivity contribution is 0.102. The van der Waals surface area contributed by atoms with Crippen LogP contribution < -0.4 is 5.73 Å². The lowest BCUT2D eigenvalue weighted by atomic mass is 9.88. The van der Waals surface area contributed by atoms with Gasteiger partial charge in [-0.2, -0.15) is 0 Å². The molecule has 2 rings (SSSR count). The third kappa shape index (κ3) is 4.07. The van der Waals surface area contributed by atoms with Crippen LogP contribution in [0.25, 0.3) is 0 Å². The van der Waals surface area contributed by atoms with Gasteiger partial charge in [-0.15, -0.1) is 0 Å². The minimum atomic E-state index is 0.581. The van der Waals surface area contributed by atoms with Crippen LogP contribution in [0.15, 0.2) is 30.3 Å². The molecule has 112 valence electrons. The van der Waals surface area contributed by atoms with Crippen LogP contribution in [0.2, 0.25) is 0 Å². The van der Waals surface area contributed by atoms with Crippen molar-refractivity contribution in [3.8, 4) is 0 Å². The molecule has 2 nitrogen and oxygen atoms in total. The smallest absolute Gasteiger partial charge is 0.0243 e. The summed E-state index contributed by atoms with van der Waals surface area (Å²) in [4.78, 5) is 2.63. The van der Waals surface area contributed by atoms with Crippen molar-refractivity contribution in [3.05, 3.63) is 35.9 Å². The summed E-state index contributed by atoms with van der Waals surface area (Å²) in [6.07, 6.45) is 5.11. The third-order valence-electron chi connectivity index (χ3n) is 5.03. The lowest BCUT2D eigenvalue weighted by Crippen LogP contribution is -2.48. The third-order valence-corrected chi connectivity index (χ3v) is 5.03. The number of benzene rings is 1. The number of nitrogens with zero attached hydrogens (tertiary/aromatic N) is 1. The average Bonchev–Trinajstić information content (AvgIpc) is 2.50. The Balaban J connectivity index is 1.83. The van der Waals surface area contributed by atoms with Crippen LogP contribution in [-0.2, 0) is 6.42 Å². The zero-order valence-electron chi connectivity index (χ0n) is 13.1. The van der Waals surface area contributed by atoms with E-state index in [1.54, 1.807) is 0 Å². The van der Waals surface area contributed by atoms with Crippen molar-refractivity contribution in [2.45, 2.75) is 45.6 Å². The fourth-order valence-corrected chi connectivity index (χ4v) is 3.45. The maximum atomic E-state index is 6.00. The first-order chi connectivity index (χ1) is 9.74. The molecule has 2 heteroatoms. The summed E-state index contributed by atoms with van der Waals surface area (Å²) in [5.41, 5.74) is 7.49. The first-order valence-electron chi connectivity index (χ1n) is 8.22. The second kappa shape index (κ2) is 7.80. The molecular weight excluding hydrogens is 244 g/mol. The first-order valence-corrected chi connectivity index (χ1v) is 8.22. The molecule has 1 aliphatic rings. The van der Waals surface area contributed by atoms with Crippen LogP contribution in [0.4, 0.5) is 0 Å². The van der Waals surface area contributed by atoms with E-state index in [1.165, 1.54) is 44.3 Å². The summed E-state index contributed by atoms with van der Waals surface area (Å²) < 4.78 is 0. The summed E-state index contributed by atoms with van der Waals surface area (Å²) in [6, 6.07) is 11.5. The van der Waals surface area contributed by atoms with E-state index in [0.29, 0.717) is 12.0 Å². The van der Waals surface area contributed by atoms with Crippen molar-refractivity contribution in [3.63, 3.8) is 0 Å². The number of piperidine rings is 1. The van der Waals surface area contributed by atoms with Crippen LogP contribution in [0.5, 0.6) is 0 Å². The summed E-state index contributed by atoms with van der Waals surface area (Å²) in [5.74, 6) is 1.56. The summed E-state index contributed by atoms with van der Waals surface area (Å²) in [6.45, 7) is 7.87. The van der Waals surface area contributed by atoms with Gasteiger partial charge < -0.3 is 5.73 Å². The monoisotopic (exact) mass is 274 g/mol. The highest BCUT2D eigenvalue weighted by Crippen LogP contribution is 2.25. The predicted molar refractivity (Wildman–Crippen MR) is 86.7 cm³/mol. The molecule has 0 radical (unpaired) electrons. The van der Waals surface area contributed by atoms with Gasteiger partial charge in [0.1, 0.15) is 0 Å². The Hall–Kier alpha value is -0.860. The first kappa shape index (κ1) is 15.5. The van der Waals surface area contributed by atoms with E-state index in [-0.39, 0.29) is 0 Å². The van der Waals surface area contributed by atoms with Gasteiger partial charge in [-0.05, 0) is 49.8 Å². The van der Waals surface area contributed by atoms with Crippen molar-refractivity contribution >= 4 is 0 Å². The summed E-state index contributed by atoms with van der Waals surface area (Å²) >= 11 is 0. The van der Waals surface area contributed by atoms with Gasteiger partial charge in [0.05, 0.1) is 0 Å². The second-order valence-electron chi connectivity index (χ2n) is 6.36. The molecule has 0 saturated carbocycles. The molecule has 0 aromatic heterocycles. The van der Waals surface area contributed by atoms with Gasteiger partial charge in [-0.25, -0.2) is 0 Å². The van der Waals surface area contributed by atoms with E-state index >= 15 is 0 Å². The van der Waals surface area contributed by atoms with Crippen molar-refractivity contribution < 1.29 is 0 Å². The SMILES string of the molecule is CCC(C)C(CN)N1CCC(Cc2ccccc2)CC1. The normalized spacial score (nSPS) is 20.8. The summed E-state index contributed by atoms with van der Waals surface area (Å²) in [7, 11) is 0. The molecule has 1 saturated heterocycles. The number of hydrogen-bond acceptors (Lipinski definition) is 2. The molecule has 0 bridgehead atoms. The molecule has 0 amide bonds. The Morgan fingerprint density at radius 3 is 2.40 bits per heavy atom. The molecule has 2 atom stereocenters. The van der Waals surface area contributed by atoms with Crippen LogP contribution in [-0.4, -0.2) is 30.6 Å². The van der Waals surface area contributed by atoms with Gasteiger partial charge in [0.15, 0.2) is 0 Å². The van der Waals surface area contributed by atoms with Crippen LogP contribution in [0.1, 0.15) is 38.7 Å². The molecule has 0 spiro atoms. The van der Waals surface area contributed by atoms with Crippen molar-refractivity contribution in [1.29, 1.82) is 0 Å². The quantitative estimate of drug-likeness (QED) is 0.862. The minimum absolute atomic E-state index is 0.581. The molecular formula is C18H30N2. The number of nitrogens with two attached hydrogens (primary N) is 1. The molecule has 0 aliphatic carbocycles.